The lowest BCUT2D eigenvalue weighted by Gasteiger charge is -2.55. The molecule has 172 valence electrons. The van der Waals surface area contributed by atoms with E-state index >= 15 is 0 Å². The van der Waals surface area contributed by atoms with Crippen molar-refractivity contribution < 1.29 is 15.6 Å². The number of benzene rings is 1. The summed E-state index contributed by atoms with van der Waals surface area (Å²) in [5, 5.41) is 17.9. The summed E-state index contributed by atoms with van der Waals surface area (Å²) in [7, 11) is 3.12. The van der Waals surface area contributed by atoms with Gasteiger partial charge in [0.25, 0.3) is 5.91 Å². The first-order valence-corrected chi connectivity index (χ1v) is 10.6. The second kappa shape index (κ2) is 8.16. The number of carbonyl (C=O) groups is 1. The van der Waals surface area contributed by atoms with Crippen LogP contribution in [0.4, 0.5) is 17.3 Å². The Morgan fingerprint density at radius 3 is 2.82 bits per heavy atom. The number of amides is 1. The van der Waals surface area contributed by atoms with Gasteiger partial charge in [-0.2, -0.15) is 4.98 Å². The van der Waals surface area contributed by atoms with Gasteiger partial charge in [0.2, 0.25) is 5.95 Å². The van der Waals surface area contributed by atoms with Crippen LogP contribution in [-0.2, 0) is 11.8 Å². The zero-order valence-electron chi connectivity index (χ0n) is 19.1. The van der Waals surface area contributed by atoms with Crippen molar-refractivity contribution in [3.8, 4) is 17.1 Å². The number of nitrogens with zero attached hydrogens (tertiary/aromatic N) is 6. The van der Waals surface area contributed by atoms with Crippen LogP contribution in [0.2, 0.25) is 5.15 Å². The number of methoxy groups -OCH3 is 1. The molecule has 2 aliphatic rings. The molecule has 2 N–H and O–H groups in total. The van der Waals surface area contributed by atoms with Gasteiger partial charge in [-0.25, -0.2) is 4.68 Å². The van der Waals surface area contributed by atoms with Gasteiger partial charge < -0.3 is 25.0 Å². The number of hydrogen-bond acceptors (Lipinski definition) is 9. The number of aryl methyl sites for hydroxylation is 1. The van der Waals surface area contributed by atoms with E-state index in [-0.39, 0.29) is 23.3 Å². The molecule has 2 aliphatic heterocycles. The van der Waals surface area contributed by atoms with Crippen molar-refractivity contribution in [2.75, 3.05) is 50.7 Å². The quantitative estimate of drug-likeness (QED) is 0.555. The SMILES string of the molecule is [2H]CNC(=O)c1nnc(Cl)cc1Nc1cccc(-c2nc(N3CC4(COC4)C3)n(C)n2)c1OC. The van der Waals surface area contributed by atoms with Gasteiger partial charge >= 0.3 is 0 Å². The molecule has 5 rings (SSSR count). The lowest BCUT2D eigenvalue weighted by molar-refractivity contribution is -0.127. The molecule has 0 bridgehead atoms. The molecule has 2 saturated heterocycles. The number of nitrogens with one attached hydrogen (secondary N) is 2. The van der Waals surface area contributed by atoms with E-state index in [0.717, 1.165) is 32.3 Å². The summed E-state index contributed by atoms with van der Waals surface area (Å²) < 4.78 is 20.1. The minimum atomic E-state index is -0.544. The van der Waals surface area contributed by atoms with Gasteiger partial charge in [-0.3, -0.25) is 4.79 Å². The molecule has 0 aliphatic carbocycles. The summed E-state index contributed by atoms with van der Waals surface area (Å²) >= 11 is 6.02. The summed E-state index contributed by atoms with van der Waals surface area (Å²) in [4.78, 5) is 19.3. The second-order valence-corrected chi connectivity index (χ2v) is 8.54. The van der Waals surface area contributed by atoms with E-state index < -0.39 is 5.91 Å². The van der Waals surface area contributed by atoms with E-state index in [1.807, 2.05) is 19.2 Å². The summed E-state index contributed by atoms with van der Waals surface area (Å²) in [6.45, 7) is 3.39. The monoisotopic (exact) mass is 471 g/mol. The average molecular weight is 472 g/mol. The zero-order valence-corrected chi connectivity index (χ0v) is 18.9. The van der Waals surface area contributed by atoms with Gasteiger partial charge in [0.05, 0.1) is 42.7 Å². The molecule has 3 aromatic rings. The molecule has 12 heteroatoms. The number of hydrogen-bond donors (Lipinski definition) is 2. The molecule has 0 atom stereocenters. The smallest absolute Gasteiger partial charge is 0.273 e. The fraction of sp³-hybridized carbons (Fsp3) is 0.381. The highest BCUT2D eigenvalue weighted by Crippen LogP contribution is 2.41. The van der Waals surface area contributed by atoms with Crippen LogP contribution in [0.3, 0.4) is 0 Å². The second-order valence-electron chi connectivity index (χ2n) is 8.15. The fourth-order valence-corrected chi connectivity index (χ4v) is 4.28. The Bertz CT molecular complexity index is 1240. The Kier molecular flexibility index (Phi) is 4.99. The number of ether oxygens (including phenoxy) is 2. The third-order valence-electron chi connectivity index (χ3n) is 5.76. The topological polar surface area (TPSA) is 119 Å². The average Bonchev–Trinajstić information content (AvgIpc) is 3.13. The highest BCUT2D eigenvalue weighted by Gasteiger charge is 2.50. The summed E-state index contributed by atoms with van der Waals surface area (Å²) in [6, 6.07) is 6.98. The minimum Gasteiger partial charge on any atom is -0.494 e. The summed E-state index contributed by atoms with van der Waals surface area (Å²) in [5.74, 6) is 1.25. The number of rotatable bonds is 6. The van der Waals surface area contributed by atoms with Crippen LogP contribution in [0.25, 0.3) is 11.4 Å². The largest absolute Gasteiger partial charge is 0.494 e. The molecule has 11 nitrogen and oxygen atoms in total. The number of aromatic nitrogens is 5. The normalized spacial score (nSPS) is 16.6. The van der Waals surface area contributed by atoms with Gasteiger partial charge in [0.15, 0.2) is 22.4 Å². The lowest BCUT2D eigenvalue weighted by atomic mass is 9.78. The predicted octanol–water partition coefficient (Wildman–Crippen LogP) is 1.87. The minimum absolute atomic E-state index is 0.00837. The molecule has 0 saturated carbocycles. The van der Waals surface area contributed by atoms with Crippen molar-refractivity contribution in [2.24, 2.45) is 12.5 Å². The molecule has 0 unspecified atom stereocenters. The predicted molar refractivity (Wildman–Crippen MR) is 122 cm³/mol. The third-order valence-corrected chi connectivity index (χ3v) is 5.95. The van der Waals surface area contributed by atoms with E-state index in [2.05, 4.69) is 30.8 Å². The van der Waals surface area contributed by atoms with Crippen molar-refractivity contribution in [2.45, 2.75) is 0 Å². The van der Waals surface area contributed by atoms with E-state index in [9.17, 15) is 4.79 Å². The Labute approximate surface area is 196 Å². The Morgan fingerprint density at radius 1 is 1.30 bits per heavy atom. The zero-order chi connectivity index (χ0) is 23.9. The highest BCUT2D eigenvalue weighted by molar-refractivity contribution is 6.29. The van der Waals surface area contributed by atoms with Gasteiger partial charge in [-0.15, -0.1) is 15.3 Å². The van der Waals surface area contributed by atoms with Crippen molar-refractivity contribution in [3.05, 3.63) is 35.1 Å². The Morgan fingerprint density at radius 2 is 2.12 bits per heavy atom. The van der Waals surface area contributed by atoms with E-state index in [4.69, 9.17) is 27.4 Å². The molecule has 1 aromatic carbocycles. The van der Waals surface area contributed by atoms with Crippen LogP contribution in [0.5, 0.6) is 5.75 Å². The molecule has 33 heavy (non-hydrogen) atoms. The first-order valence-electron chi connectivity index (χ1n) is 10.9. The molecule has 1 amide bonds. The molecular weight excluding hydrogens is 448 g/mol. The first kappa shape index (κ1) is 20.2. The maximum Gasteiger partial charge on any atom is 0.273 e. The number of anilines is 3. The Hall–Kier alpha value is -3.44. The van der Waals surface area contributed by atoms with Gasteiger partial charge in [0, 0.05) is 34.6 Å². The van der Waals surface area contributed by atoms with Gasteiger partial charge in [0.1, 0.15) is 0 Å². The first-order chi connectivity index (χ1) is 16.4. The van der Waals surface area contributed by atoms with E-state index in [0.29, 0.717) is 28.5 Å². The van der Waals surface area contributed by atoms with Crippen molar-refractivity contribution in [3.63, 3.8) is 0 Å². The number of carbonyl (C=O) groups excluding carboxylic acids is 1. The van der Waals surface area contributed by atoms with Crippen LogP contribution in [0, 0.1) is 5.41 Å². The van der Waals surface area contributed by atoms with Crippen LogP contribution >= 0.6 is 11.6 Å². The van der Waals surface area contributed by atoms with Gasteiger partial charge in [-0.1, -0.05) is 17.7 Å². The summed E-state index contributed by atoms with van der Waals surface area (Å²) in [5.41, 5.74) is 1.84. The molecule has 2 aromatic heterocycles. The number of halogens is 1. The van der Waals surface area contributed by atoms with Crippen LogP contribution in [0.15, 0.2) is 24.3 Å². The Balaban J connectivity index is 1.46. The van der Waals surface area contributed by atoms with E-state index in [1.54, 1.807) is 17.9 Å². The highest BCUT2D eigenvalue weighted by atomic mass is 35.5. The lowest BCUT2D eigenvalue weighted by Crippen LogP contribution is -2.66. The molecule has 4 heterocycles. The molecule has 1 spiro atoms. The van der Waals surface area contributed by atoms with Gasteiger partial charge in [-0.05, 0) is 12.1 Å². The van der Waals surface area contributed by atoms with Crippen molar-refractivity contribution in [1.29, 1.82) is 0 Å². The standard InChI is InChI=1S/C21H23ClN8O3/c1-23-19(31)16-14(7-15(22)26-27-16)24-13-6-4-5-12(17(13)32-3)18-25-20(29(2)28-18)30-8-21(9-30)10-33-11-21/h4-7H,8-11H2,1-3H3,(H,23,31)(H,24,26)/i1D. The molecular formula is C21H23ClN8O3. The molecule has 0 radical (unpaired) electrons. The van der Waals surface area contributed by atoms with Crippen LogP contribution in [-0.4, -0.2) is 71.3 Å². The van der Waals surface area contributed by atoms with E-state index in [1.165, 1.54) is 6.07 Å². The van der Waals surface area contributed by atoms with Crippen LogP contribution < -0.4 is 20.3 Å². The van der Waals surface area contributed by atoms with Crippen molar-refractivity contribution >= 4 is 34.8 Å². The maximum absolute atomic E-state index is 12.3. The summed E-state index contributed by atoms with van der Waals surface area (Å²) in [6.07, 6.45) is 0. The number of para-hydroxylation sites is 1. The fourth-order valence-electron chi connectivity index (χ4n) is 4.14. The van der Waals surface area contributed by atoms with Crippen LogP contribution in [0.1, 0.15) is 11.9 Å². The van der Waals surface area contributed by atoms with Crippen molar-refractivity contribution in [1.82, 2.24) is 30.3 Å². The maximum atomic E-state index is 12.3. The third kappa shape index (κ3) is 3.72. The molecule has 2 fully saturated rings.